The summed E-state index contributed by atoms with van der Waals surface area (Å²) in [6.45, 7) is 0.804. The highest BCUT2D eigenvalue weighted by Gasteiger charge is 2.21. The van der Waals surface area contributed by atoms with Crippen molar-refractivity contribution in [2.45, 2.75) is 31.9 Å². The van der Waals surface area contributed by atoms with Gasteiger partial charge in [-0.3, -0.25) is 14.4 Å². The third-order valence-corrected chi connectivity index (χ3v) is 6.27. The van der Waals surface area contributed by atoms with Crippen molar-refractivity contribution in [1.82, 2.24) is 5.32 Å². The predicted octanol–water partition coefficient (Wildman–Crippen LogP) is 3.19. The number of piperidine rings is 1. The lowest BCUT2D eigenvalue weighted by Crippen LogP contribution is -2.36. The van der Waals surface area contributed by atoms with Gasteiger partial charge in [0.1, 0.15) is 11.9 Å². The highest BCUT2D eigenvalue weighted by Crippen LogP contribution is 2.28. The number of nitrogens with zero attached hydrogens (tertiary/aromatic N) is 1. The van der Waals surface area contributed by atoms with Gasteiger partial charge in [-0.15, -0.1) is 11.3 Å². The second-order valence-electron chi connectivity index (χ2n) is 7.41. The van der Waals surface area contributed by atoms with Gasteiger partial charge in [-0.2, -0.15) is 0 Å². The molecular weight excluding hydrogens is 430 g/mol. The Labute approximate surface area is 188 Å². The van der Waals surface area contributed by atoms with Crippen LogP contribution in [-0.2, 0) is 20.9 Å². The second-order valence-corrected chi connectivity index (χ2v) is 8.61. The van der Waals surface area contributed by atoms with E-state index in [1.54, 1.807) is 47.4 Å². The Bertz CT molecular complexity index is 1110. The number of benzene rings is 1. The third kappa shape index (κ3) is 5.06. The van der Waals surface area contributed by atoms with Crippen molar-refractivity contribution in [2.75, 3.05) is 16.8 Å². The van der Waals surface area contributed by atoms with Gasteiger partial charge in [0.2, 0.25) is 5.91 Å². The zero-order valence-electron chi connectivity index (χ0n) is 17.2. The fourth-order valence-electron chi connectivity index (χ4n) is 3.49. The van der Waals surface area contributed by atoms with Crippen molar-refractivity contribution in [1.29, 1.82) is 0 Å². The van der Waals surface area contributed by atoms with Gasteiger partial charge in [0.25, 0.3) is 0 Å². The van der Waals surface area contributed by atoms with Crippen molar-refractivity contribution in [3.8, 4) is 0 Å². The van der Waals surface area contributed by atoms with Crippen LogP contribution in [0.2, 0.25) is 0 Å². The summed E-state index contributed by atoms with van der Waals surface area (Å²) in [6, 6.07) is 13.8. The molecule has 1 aliphatic rings. The molecule has 1 atom stereocenters. The molecule has 1 fully saturated rings. The minimum atomic E-state index is -0.873. The van der Waals surface area contributed by atoms with Gasteiger partial charge in [-0.25, -0.2) is 0 Å². The van der Waals surface area contributed by atoms with Gasteiger partial charge in [-0.05, 0) is 55.3 Å². The maximum absolute atomic E-state index is 12.3. The summed E-state index contributed by atoms with van der Waals surface area (Å²) in [5.41, 5.74) is 1.15. The minimum absolute atomic E-state index is 0.0601. The van der Waals surface area contributed by atoms with E-state index in [1.807, 2.05) is 6.07 Å². The molecule has 0 saturated carbocycles. The molecule has 3 aromatic rings. The van der Waals surface area contributed by atoms with Crippen LogP contribution in [-0.4, -0.2) is 29.4 Å². The Morgan fingerprint density at radius 3 is 2.78 bits per heavy atom. The van der Waals surface area contributed by atoms with Gasteiger partial charge in [0.05, 0.1) is 12.8 Å². The average Bonchev–Trinajstić information content (AvgIpc) is 3.50. The van der Waals surface area contributed by atoms with Crippen molar-refractivity contribution in [3.05, 3.63) is 70.3 Å². The van der Waals surface area contributed by atoms with Crippen LogP contribution in [0.5, 0.6) is 0 Å². The number of amides is 3. The first-order chi connectivity index (χ1) is 15.5. The number of aliphatic hydroxyl groups excluding tert-OH is 1. The van der Waals surface area contributed by atoms with Gasteiger partial charge < -0.3 is 25.1 Å². The molecule has 1 aliphatic heterocycles. The van der Waals surface area contributed by atoms with E-state index in [1.165, 1.54) is 17.6 Å². The summed E-state index contributed by atoms with van der Waals surface area (Å²) in [6.07, 6.45) is 2.96. The minimum Gasteiger partial charge on any atom is -0.466 e. The number of anilines is 2. The Morgan fingerprint density at radius 1 is 1.12 bits per heavy atom. The summed E-state index contributed by atoms with van der Waals surface area (Å²) in [5, 5.41) is 15.5. The zero-order chi connectivity index (χ0) is 22.5. The zero-order valence-corrected chi connectivity index (χ0v) is 18.1. The molecule has 0 spiro atoms. The summed E-state index contributed by atoms with van der Waals surface area (Å²) >= 11 is 1.32. The fraction of sp³-hybridized carbons (Fsp3) is 0.261. The van der Waals surface area contributed by atoms with Gasteiger partial charge in [-0.1, -0.05) is 6.07 Å². The number of aliphatic hydroxyl groups is 1. The topological polar surface area (TPSA) is 112 Å². The van der Waals surface area contributed by atoms with E-state index in [-0.39, 0.29) is 12.5 Å². The molecule has 32 heavy (non-hydrogen) atoms. The van der Waals surface area contributed by atoms with Crippen molar-refractivity contribution >= 4 is 40.4 Å². The van der Waals surface area contributed by atoms with Crippen LogP contribution >= 0.6 is 11.3 Å². The van der Waals surface area contributed by atoms with Crippen LogP contribution in [0.25, 0.3) is 0 Å². The number of furan rings is 1. The highest BCUT2D eigenvalue weighted by atomic mass is 32.1. The summed E-state index contributed by atoms with van der Waals surface area (Å²) in [7, 11) is 0. The molecule has 9 heteroatoms. The summed E-state index contributed by atoms with van der Waals surface area (Å²) in [4.78, 5) is 39.8. The first-order valence-electron chi connectivity index (χ1n) is 10.3. The molecule has 166 valence electrons. The van der Waals surface area contributed by atoms with Crippen molar-refractivity contribution in [3.63, 3.8) is 0 Å². The van der Waals surface area contributed by atoms with Crippen molar-refractivity contribution in [2.24, 2.45) is 0 Å². The molecule has 4 rings (SSSR count). The monoisotopic (exact) mass is 453 g/mol. The number of nitrogens with one attached hydrogen (secondary N) is 2. The number of hydrogen-bond acceptors (Lipinski definition) is 6. The summed E-state index contributed by atoms with van der Waals surface area (Å²) < 4.78 is 5.21. The van der Waals surface area contributed by atoms with Crippen molar-refractivity contribution < 1.29 is 23.9 Å². The Morgan fingerprint density at radius 2 is 2.00 bits per heavy atom. The number of hydrogen-bond donors (Lipinski definition) is 3. The first kappa shape index (κ1) is 21.8. The molecule has 1 saturated heterocycles. The van der Waals surface area contributed by atoms with E-state index >= 15 is 0 Å². The molecule has 3 N–H and O–H groups in total. The Kier molecular flexibility index (Phi) is 6.67. The molecule has 1 unspecified atom stereocenters. The molecule has 8 nitrogen and oxygen atoms in total. The van der Waals surface area contributed by atoms with E-state index < -0.39 is 17.9 Å². The largest absolute Gasteiger partial charge is 0.466 e. The maximum atomic E-state index is 12.3. The first-order valence-corrected chi connectivity index (χ1v) is 11.1. The van der Waals surface area contributed by atoms with E-state index in [0.717, 1.165) is 17.7 Å². The standard InChI is InChI=1S/C23H23N3O5S/c27-20-8-1-2-11-26(20)16-6-3-5-15(13-16)25-23(30)22(29)24-14-17-9-10-19(32-17)21(28)18-7-4-12-31-18/h3-7,9-10,12-13,21,28H,1-2,8,11,14H2,(H,24,29)(H,25,30). The van der Waals surface area contributed by atoms with Crippen LogP contribution < -0.4 is 15.5 Å². The number of carbonyl (C=O) groups excluding carboxylic acids is 3. The smallest absolute Gasteiger partial charge is 0.313 e. The van der Waals surface area contributed by atoms with Gasteiger partial charge in [0, 0.05) is 34.1 Å². The maximum Gasteiger partial charge on any atom is 0.313 e. The molecule has 2 aromatic heterocycles. The number of thiophene rings is 1. The van der Waals surface area contributed by atoms with Gasteiger partial charge >= 0.3 is 11.8 Å². The fourth-order valence-corrected chi connectivity index (χ4v) is 4.44. The Hall–Kier alpha value is -3.43. The third-order valence-electron chi connectivity index (χ3n) is 5.13. The lowest BCUT2D eigenvalue weighted by molar-refractivity contribution is -0.136. The van der Waals surface area contributed by atoms with Crippen LogP contribution in [0.1, 0.15) is 40.9 Å². The van der Waals surface area contributed by atoms with Crippen LogP contribution in [0.4, 0.5) is 11.4 Å². The SMILES string of the molecule is O=C(NCc1ccc(C(O)c2ccco2)s1)C(=O)Nc1cccc(N2CCCCC2=O)c1. The predicted molar refractivity (Wildman–Crippen MR) is 120 cm³/mol. The molecule has 0 bridgehead atoms. The van der Waals surface area contributed by atoms with Gasteiger partial charge in [0.15, 0.2) is 0 Å². The molecule has 0 aliphatic carbocycles. The van der Waals surface area contributed by atoms with Crippen LogP contribution in [0.15, 0.2) is 59.2 Å². The summed E-state index contributed by atoms with van der Waals surface area (Å²) in [5.74, 6) is -1.06. The highest BCUT2D eigenvalue weighted by molar-refractivity contribution is 7.12. The lowest BCUT2D eigenvalue weighted by atomic mass is 10.1. The van der Waals surface area contributed by atoms with Crippen LogP contribution in [0.3, 0.4) is 0 Å². The quantitative estimate of drug-likeness (QED) is 0.496. The van der Waals surface area contributed by atoms with E-state index in [4.69, 9.17) is 4.42 Å². The Balaban J connectivity index is 1.31. The number of rotatable bonds is 6. The van der Waals surface area contributed by atoms with Crippen LogP contribution in [0, 0.1) is 0 Å². The normalized spacial score (nSPS) is 14.8. The molecule has 1 aromatic carbocycles. The second kappa shape index (κ2) is 9.80. The van der Waals surface area contributed by atoms with E-state index in [2.05, 4.69) is 10.6 Å². The molecule has 3 heterocycles. The molecule has 3 amide bonds. The molecular formula is C23H23N3O5S. The average molecular weight is 454 g/mol. The number of carbonyl (C=O) groups is 3. The van der Waals surface area contributed by atoms with E-state index in [0.29, 0.717) is 35.0 Å². The lowest BCUT2D eigenvalue weighted by Gasteiger charge is -2.27. The molecule has 0 radical (unpaired) electrons. The van der Waals surface area contributed by atoms with E-state index in [9.17, 15) is 19.5 Å².